The van der Waals surface area contributed by atoms with E-state index in [0.29, 0.717) is 5.95 Å². The summed E-state index contributed by atoms with van der Waals surface area (Å²) in [5.41, 5.74) is 5.58. The molecule has 1 aromatic heterocycles. The third kappa shape index (κ3) is 2.61. The van der Waals surface area contributed by atoms with Gasteiger partial charge in [0, 0.05) is 32.4 Å². The molecular formula is C11H19N5. The fourth-order valence-corrected chi connectivity index (χ4v) is 2.06. The summed E-state index contributed by atoms with van der Waals surface area (Å²) in [5, 5.41) is 0. The first-order valence-corrected chi connectivity index (χ1v) is 5.85. The van der Waals surface area contributed by atoms with Gasteiger partial charge in [0.25, 0.3) is 0 Å². The van der Waals surface area contributed by atoms with Crippen molar-refractivity contribution in [1.82, 2.24) is 14.9 Å². The molecule has 2 rings (SSSR count). The molecule has 0 bridgehead atoms. The van der Waals surface area contributed by atoms with Crippen molar-refractivity contribution >= 4 is 11.8 Å². The van der Waals surface area contributed by atoms with Gasteiger partial charge < -0.3 is 10.6 Å². The van der Waals surface area contributed by atoms with Gasteiger partial charge >= 0.3 is 0 Å². The smallest absolute Gasteiger partial charge is 0.221 e. The molecule has 88 valence electrons. The summed E-state index contributed by atoms with van der Waals surface area (Å²) in [4.78, 5) is 12.9. The number of aromatic nitrogens is 2. The van der Waals surface area contributed by atoms with E-state index in [-0.39, 0.29) is 0 Å². The molecule has 0 saturated carbocycles. The minimum Gasteiger partial charge on any atom is -0.368 e. The van der Waals surface area contributed by atoms with Crippen molar-refractivity contribution in [1.29, 1.82) is 0 Å². The van der Waals surface area contributed by atoms with E-state index in [1.807, 2.05) is 6.07 Å². The number of nitrogens with zero attached hydrogens (tertiary/aromatic N) is 4. The molecule has 0 atom stereocenters. The predicted octanol–water partition coefficient (Wildman–Crippen LogP) is 0.591. The summed E-state index contributed by atoms with van der Waals surface area (Å²) >= 11 is 0. The van der Waals surface area contributed by atoms with Gasteiger partial charge in [0.1, 0.15) is 5.82 Å². The van der Waals surface area contributed by atoms with Crippen LogP contribution in [0.4, 0.5) is 11.8 Å². The lowest BCUT2D eigenvalue weighted by molar-refractivity contribution is 0.258. The second-order valence-corrected chi connectivity index (χ2v) is 4.10. The highest BCUT2D eigenvalue weighted by atomic mass is 15.3. The highest BCUT2D eigenvalue weighted by molar-refractivity contribution is 5.41. The molecule has 0 aliphatic carbocycles. The molecule has 0 unspecified atom stereocenters. The van der Waals surface area contributed by atoms with E-state index in [1.165, 1.54) is 13.0 Å². The van der Waals surface area contributed by atoms with Crippen LogP contribution in [0.3, 0.4) is 0 Å². The molecule has 16 heavy (non-hydrogen) atoms. The average molecular weight is 221 g/mol. The second-order valence-electron chi connectivity index (χ2n) is 4.10. The molecule has 5 heteroatoms. The van der Waals surface area contributed by atoms with Crippen molar-refractivity contribution in [2.24, 2.45) is 0 Å². The van der Waals surface area contributed by atoms with Gasteiger partial charge in [0.15, 0.2) is 0 Å². The Kier molecular flexibility index (Phi) is 3.56. The van der Waals surface area contributed by atoms with Crippen LogP contribution in [0, 0.1) is 0 Å². The van der Waals surface area contributed by atoms with E-state index in [4.69, 9.17) is 5.73 Å². The van der Waals surface area contributed by atoms with Gasteiger partial charge in [-0.15, -0.1) is 0 Å². The number of hydrogen-bond donors (Lipinski definition) is 1. The van der Waals surface area contributed by atoms with Crippen LogP contribution in [0.2, 0.25) is 0 Å². The molecule has 0 amide bonds. The van der Waals surface area contributed by atoms with Crippen LogP contribution >= 0.6 is 0 Å². The quantitative estimate of drug-likeness (QED) is 0.809. The van der Waals surface area contributed by atoms with Gasteiger partial charge in [0.2, 0.25) is 5.95 Å². The van der Waals surface area contributed by atoms with E-state index >= 15 is 0 Å². The lowest BCUT2D eigenvalue weighted by Gasteiger charge is -2.35. The molecule has 1 fully saturated rings. The summed E-state index contributed by atoms with van der Waals surface area (Å²) in [6, 6.07) is 1.92. The third-order valence-electron chi connectivity index (χ3n) is 2.90. The largest absolute Gasteiger partial charge is 0.368 e. The number of anilines is 2. The van der Waals surface area contributed by atoms with Crippen LogP contribution in [0.15, 0.2) is 12.3 Å². The molecule has 1 saturated heterocycles. The molecule has 2 heterocycles. The summed E-state index contributed by atoms with van der Waals surface area (Å²) in [5.74, 6) is 1.30. The molecule has 1 aliphatic heterocycles. The predicted molar refractivity (Wildman–Crippen MR) is 65.4 cm³/mol. The molecule has 0 aromatic carbocycles. The maximum Gasteiger partial charge on any atom is 0.221 e. The zero-order valence-corrected chi connectivity index (χ0v) is 9.76. The van der Waals surface area contributed by atoms with Gasteiger partial charge in [-0.2, -0.15) is 4.98 Å². The standard InChI is InChI=1S/C11H19N5/c1-2-5-15-6-8-16(9-7-15)10-3-4-13-11(12)14-10/h3-4H,2,5-9H2,1H3,(H2,12,13,14). The molecular weight excluding hydrogens is 202 g/mol. The third-order valence-corrected chi connectivity index (χ3v) is 2.90. The van der Waals surface area contributed by atoms with Crippen LogP contribution in [0.25, 0.3) is 0 Å². The Bertz CT molecular complexity index is 333. The monoisotopic (exact) mass is 221 g/mol. The number of rotatable bonds is 3. The molecule has 1 aromatic rings. The fraction of sp³-hybridized carbons (Fsp3) is 0.636. The maximum atomic E-state index is 5.58. The minimum atomic E-state index is 0.355. The Morgan fingerprint density at radius 3 is 2.69 bits per heavy atom. The first kappa shape index (κ1) is 11.1. The van der Waals surface area contributed by atoms with E-state index in [1.54, 1.807) is 6.20 Å². The van der Waals surface area contributed by atoms with E-state index < -0.39 is 0 Å². The van der Waals surface area contributed by atoms with Crippen LogP contribution in [-0.4, -0.2) is 47.6 Å². The zero-order chi connectivity index (χ0) is 11.4. The van der Waals surface area contributed by atoms with Crippen LogP contribution in [0.5, 0.6) is 0 Å². The van der Waals surface area contributed by atoms with Crippen molar-refractivity contribution in [3.05, 3.63) is 12.3 Å². The topological polar surface area (TPSA) is 58.3 Å². The fourth-order valence-electron chi connectivity index (χ4n) is 2.06. The first-order chi connectivity index (χ1) is 7.79. The average Bonchev–Trinajstić information content (AvgIpc) is 2.30. The number of piperazine rings is 1. The Labute approximate surface area is 96.3 Å². The molecule has 5 nitrogen and oxygen atoms in total. The number of hydrogen-bond acceptors (Lipinski definition) is 5. The molecule has 0 spiro atoms. The maximum absolute atomic E-state index is 5.58. The number of nitrogens with two attached hydrogens (primary N) is 1. The van der Waals surface area contributed by atoms with Crippen molar-refractivity contribution in [2.45, 2.75) is 13.3 Å². The first-order valence-electron chi connectivity index (χ1n) is 5.85. The molecule has 0 radical (unpaired) electrons. The van der Waals surface area contributed by atoms with Crippen LogP contribution < -0.4 is 10.6 Å². The van der Waals surface area contributed by atoms with Crippen LogP contribution in [0.1, 0.15) is 13.3 Å². The Morgan fingerprint density at radius 1 is 1.31 bits per heavy atom. The minimum absolute atomic E-state index is 0.355. The molecule has 2 N–H and O–H groups in total. The van der Waals surface area contributed by atoms with Gasteiger partial charge in [-0.3, -0.25) is 4.90 Å². The zero-order valence-electron chi connectivity index (χ0n) is 9.76. The van der Waals surface area contributed by atoms with Crippen molar-refractivity contribution in [3.63, 3.8) is 0 Å². The van der Waals surface area contributed by atoms with Crippen molar-refractivity contribution in [3.8, 4) is 0 Å². The lowest BCUT2D eigenvalue weighted by atomic mass is 10.3. The summed E-state index contributed by atoms with van der Waals surface area (Å²) in [6.07, 6.45) is 2.94. The van der Waals surface area contributed by atoms with E-state index in [0.717, 1.165) is 32.0 Å². The number of nitrogen functional groups attached to an aromatic ring is 1. The van der Waals surface area contributed by atoms with Crippen molar-refractivity contribution < 1.29 is 0 Å². The highest BCUT2D eigenvalue weighted by Gasteiger charge is 2.17. The normalized spacial score (nSPS) is 17.7. The highest BCUT2D eigenvalue weighted by Crippen LogP contribution is 2.13. The second kappa shape index (κ2) is 5.12. The van der Waals surface area contributed by atoms with Gasteiger partial charge in [-0.1, -0.05) is 6.92 Å². The summed E-state index contributed by atoms with van der Waals surface area (Å²) in [6.45, 7) is 7.68. The van der Waals surface area contributed by atoms with E-state index in [9.17, 15) is 0 Å². The van der Waals surface area contributed by atoms with Gasteiger partial charge in [-0.25, -0.2) is 4.98 Å². The van der Waals surface area contributed by atoms with Gasteiger partial charge in [0.05, 0.1) is 0 Å². The Morgan fingerprint density at radius 2 is 2.06 bits per heavy atom. The Hall–Kier alpha value is -1.36. The summed E-state index contributed by atoms with van der Waals surface area (Å²) < 4.78 is 0. The van der Waals surface area contributed by atoms with Crippen LogP contribution in [-0.2, 0) is 0 Å². The lowest BCUT2D eigenvalue weighted by Crippen LogP contribution is -2.46. The Balaban J connectivity index is 1.94. The van der Waals surface area contributed by atoms with Gasteiger partial charge in [-0.05, 0) is 19.0 Å². The SMILES string of the molecule is CCCN1CCN(c2ccnc(N)n2)CC1. The summed E-state index contributed by atoms with van der Waals surface area (Å²) in [7, 11) is 0. The van der Waals surface area contributed by atoms with Crippen molar-refractivity contribution in [2.75, 3.05) is 43.4 Å². The van der Waals surface area contributed by atoms with E-state index in [2.05, 4.69) is 26.7 Å². The molecule has 1 aliphatic rings.